The summed E-state index contributed by atoms with van der Waals surface area (Å²) in [5.41, 5.74) is 2.77. The summed E-state index contributed by atoms with van der Waals surface area (Å²) in [6, 6.07) is 13.0. The van der Waals surface area contributed by atoms with Gasteiger partial charge in [0, 0.05) is 61.2 Å². The van der Waals surface area contributed by atoms with E-state index in [9.17, 15) is 10.2 Å². The molecule has 2 aromatic heterocycles. The predicted molar refractivity (Wildman–Crippen MR) is 157 cm³/mol. The first-order chi connectivity index (χ1) is 19.0. The first kappa shape index (κ1) is 25.3. The number of nitrogens with one attached hydrogen (secondary N) is 2. The van der Waals surface area contributed by atoms with E-state index in [2.05, 4.69) is 62.2 Å². The highest BCUT2D eigenvalue weighted by Gasteiger charge is 2.54. The van der Waals surface area contributed by atoms with Gasteiger partial charge in [-0.15, -0.1) is 11.3 Å². The standard InChI is InChI=1S/C30H38N6O2S/c37-12-11-35-7-9-36(10-8-35)24-5-3-23(4-6-24)32-29-31-19-25(26-2-1-13-39-26)28(34-29)33-27-21-14-20-15-22(27)18-30(38,16-20)17-21/h1-6,13,19-22,27,37-38H,7-12,14-18H2,(H2,31,32,33,34)/t20?,21?,22?,27-,30+. The molecule has 8 nitrogen and oxygen atoms in total. The van der Waals surface area contributed by atoms with Crippen molar-refractivity contribution in [2.75, 3.05) is 54.9 Å². The molecule has 4 N–H and O–H groups in total. The molecular formula is C30H38N6O2S. The Morgan fingerprint density at radius 3 is 2.44 bits per heavy atom. The van der Waals surface area contributed by atoms with Crippen molar-refractivity contribution < 1.29 is 10.2 Å². The van der Waals surface area contributed by atoms with E-state index >= 15 is 0 Å². The molecule has 0 amide bonds. The summed E-state index contributed by atoms with van der Waals surface area (Å²) < 4.78 is 0. The highest BCUT2D eigenvalue weighted by molar-refractivity contribution is 7.13. The average Bonchev–Trinajstić information content (AvgIpc) is 3.46. The Labute approximate surface area is 234 Å². The highest BCUT2D eigenvalue weighted by Crippen LogP contribution is 2.56. The number of nitrogens with zero attached hydrogens (tertiary/aromatic N) is 4. The van der Waals surface area contributed by atoms with Crippen molar-refractivity contribution in [3.63, 3.8) is 0 Å². The van der Waals surface area contributed by atoms with Crippen LogP contribution < -0.4 is 15.5 Å². The molecule has 1 aromatic carbocycles. The van der Waals surface area contributed by atoms with Crippen LogP contribution in [-0.4, -0.2) is 76.1 Å². The van der Waals surface area contributed by atoms with Gasteiger partial charge in [0.2, 0.25) is 5.95 Å². The number of aliphatic hydroxyl groups excluding tert-OH is 1. The lowest BCUT2D eigenvalue weighted by Crippen LogP contribution is -2.59. The van der Waals surface area contributed by atoms with Gasteiger partial charge in [-0.05, 0) is 85.6 Å². The number of aromatic nitrogens is 2. The number of hydrogen-bond acceptors (Lipinski definition) is 9. The summed E-state index contributed by atoms with van der Waals surface area (Å²) >= 11 is 1.71. The third-order valence-corrected chi connectivity index (χ3v) is 10.3. The molecule has 5 fully saturated rings. The van der Waals surface area contributed by atoms with E-state index in [-0.39, 0.29) is 6.61 Å². The minimum atomic E-state index is -0.442. The third kappa shape index (κ3) is 5.13. The van der Waals surface area contributed by atoms with Crippen molar-refractivity contribution in [2.24, 2.45) is 17.8 Å². The van der Waals surface area contributed by atoms with Crippen LogP contribution in [-0.2, 0) is 0 Å². The van der Waals surface area contributed by atoms with E-state index in [1.54, 1.807) is 11.3 Å². The molecule has 206 valence electrons. The molecule has 1 aliphatic heterocycles. The number of anilines is 4. The highest BCUT2D eigenvalue weighted by atomic mass is 32.1. The van der Waals surface area contributed by atoms with Gasteiger partial charge in [0.1, 0.15) is 5.82 Å². The molecule has 4 saturated carbocycles. The summed E-state index contributed by atoms with van der Waals surface area (Å²) in [4.78, 5) is 15.6. The summed E-state index contributed by atoms with van der Waals surface area (Å²) in [7, 11) is 0. The minimum absolute atomic E-state index is 0.222. The number of benzene rings is 1. The molecule has 39 heavy (non-hydrogen) atoms. The molecule has 4 aliphatic carbocycles. The van der Waals surface area contributed by atoms with E-state index in [4.69, 9.17) is 9.97 Å². The molecule has 8 rings (SSSR count). The minimum Gasteiger partial charge on any atom is -0.395 e. The van der Waals surface area contributed by atoms with Crippen LogP contribution in [0.5, 0.6) is 0 Å². The van der Waals surface area contributed by atoms with Gasteiger partial charge in [-0.3, -0.25) is 4.90 Å². The average molecular weight is 547 g/mol. The fourth-order valence-corrected chi connectivity index (χ4v) is 8.53. The Kier molecular flexibility index (Phi) is 6.71. The number of piperazine rings is 1. The lowest BCUT2D eigenvalue weighted by atomic mass is 9.52. The van der Waals surface area contributed by atoms with Crippen molar-refractivity contribution in [2.45, 2.75) is 43.7 Å². The number of aliphatic hydroxyl groups is 2. The molecule has 5 aliphatic rings. The predicted octanol–water partition coefficient (Wildman–Crippen LogP) is 4.41. The monoisotopic (exact) mass is 546 g/mol. The van der Waals surface area contributed by atoms with Crippen molar-refractivity contribution in [1.82, 2.24) is 14.9 Å². The van der Waals surface area contributed by atoms with E-state index in [1.807, 2.05) is 6.20 Å². The van der Waals surface area contributed by atoms with Crippen molar-refractivity contribution in [3.8, 4) is 10.4 Å². The van der Waals surface area contributed by atoms with Crippen molar-refractivity contribution in [3.05, 3.63) is 48.0 Å². The zero-order valence-electron chi connectivity index (χ0n) is 22.3. The van der Waals surface area contributed by atoms with Gasteiger partial charge >= 0.3 is 0 Å². The maximum absolute atomic E-state index is 11.1. The van der Waals surface area contributed by atoms with Crippen LogP contribution in [0, 0.1) is 17.8 Å². The van der Waals surface area contributed by atoms with E-state index in [0.29, 0.717) is 29.7 Å². The van der Waals surface area contributed by atoms with Crippen LogP contribution in [0.4, 0.5) is 23.1 Å². The fourth-order valence-electron chi connectivity index (χ4n) is 7.79. The second-order valence-corrected chi connectivity index (χ2v) is 13.0. The quantitative estimate of drug-likeness (QED) is 0.330. The van der Waals surface area contributed by atoms with E-state index < -0.39 is 5.60 Å². The summed E-state index contributed by atoms with van der Waals surface area (Å²) in [5, 5.41) is 29.6. The molecule has 3 aromatic rings. The Morgan fingerprint density at radius 2 is 1.77 bits per heavy atom. The molecule has 0 radical (unpaired) electrons. The number of hydrogen-bond donors (Lipinski definition) is 4. The lowest BCUT2D eigenvalue weighted by Gasteiger charge is -2.58. The third-order valence-electron chi connectivity index (χ3n) is 9.40. The summed E-state index contributed by atoms with van der Waals surface area (Å²) in [6.07, 6.45) is 7.17. The maximum Gasteiger partial charge on any atom is 0.229 e. The second kappa shape index (κ2) is 10.4. The Bertz CT molecular complexity index is 1260. The van der Waals surface area contributed by atoms with Gasteiger partial charge in [-0.25, -0.2) is 4.98 Å². The van der Waals surface area contributed by atoms with Gasteiger partial charge < -0.3 is 25.7 Å². The van der Waals surface area contributed by atoms with Crippen LogP contribution in [0.3, 0.4) is 0 Å². The van der Waals surface area contributed by atoms with Crippen LogP contribution in [0.1, 0.15) is 32.1 Å². The number of thiophene rings is 1. The van der Waals surface area contributed by atoms with Crippen LogP contribution in [0.15, 0.2) is 48.0 Å². The van der Waals surface area contributed by atoms with Crippen LogP contribution >= 0.6 is 11.3 Å². The molecule has 3 heterocycles. The molecule has 9 heteroatoms. The van der Waals surface area contributed by atoms with Crippen molar-refractivity contribution >= 4 is 34.5 Å². The Balaban J connectivity index is 1.08. The molecule has 1 saturated heterocycles. The molecule has 0 spiro atoms. The van der Waals surface area contributed by atoms with Gasteiger partial charge in [-0.2, -0.15) is 4.98 Å². The van der Waals surface area contributed by atoms with Crippen LogP contribution in [0.2, 0.25) is 0 Å². The summed E-state index contributed by atoms with van der Waals surface area (Å²) in [6.45, 7) is 4.86. The first-order valence-electron chi connectivity index (χ1n) is 14.4. The maximum atomic E-state index is 11.1. The molecule has 2 atom stereocenters. The number of rotatable bonds is 8. The normalized spacial score (nSPS) is 30.1. The topological polar surface area (TPSA) is 96.8 Å². The van der Waals surface area contributed by atoms with Gasteiger partial charge in [0.25, 0.3) is 0 Å². The van der Waals surface area contributed by atoms with E-state index in [1.165, 1.54) is 18.5 Å². The zero-order chi connectivity index (χ0) is 26.4. The lowest BCUT2D eigenvalue weighted by molar-refractivity contribution is -0.129. The summed E-state index contributed by atoms with van der Waals surface area (Å²) in [5.74, 6) is 3.16. The smallest absolute Gasteiger partial charge is 0.229 e. The fraction of sp³-hybridized carbons (Fsp3) is 0.533. The largest absolute Gasteiger partial charge is 0.395 e. The van der Waals surface area contributed by atoms with Crippen molar-refractivity contribution in [1.29, 1.82) is 0 Å². The first-order valence-corrected chi connectivity index (χ1v) is 15.3. The Hall–Kier alpha value is -2.72. The zero-order valence-corrected chi connectivity index (χ0v) is 23.1. The van der Waals surface area contributed by atoms with Crippen LogP contribution in [0.25, 0.3) is 10.4 Å². The van der Waals surface area contributed by atoms with Gasteiger partial charge in [0.15, 0.2) is 0 Å². The Morgan fingerprint density at radius 1 is 1.00 bits per heavy atom. The SMILES string of the molecule is OCCN1CCN(c2ccc(Nc3ncc(-c4cccs4)c(N[C@H]4C5CC6CC4C[C@@](O)(C6)C5)n3)cc2)CC1. The van der Waals surface area contributed by atoms with E-state index in [0.717, 1.165) is 73.9 Å². The second-order valence-electron chi connectivity index (χ2n) is 12.0. The molecule has 2 unspecified atom stereocenters. The molecular weight excluding hydrogens is 508 g/mol. The van der Waals surface area contributed by atoms with Gasteiger partial charge in [-0.1, -0.05) is 6.07 Å². The van der Waals surface area contributed by atoms with Gasteiger partial charge in [0.05, 0.1) is 17.8 Å². The number of β-amino-alcohol motifs (C(OH)–C–C–N with tert-alkyl or cyclic N) is 1. The molecule has 4 bridgehead atoms.